The fourth-order valence-corrected chi connectivity index (χ4v) is 7.65. The fourth-order valence-electron chi connectivity index (χ4n) is 5.09. The van der Waals surface area contributed by atoms with Crippen molar-refractivity contribution < 1.29 is 13.2 Å². The van der Waals surface area contributed by atoms with E-state index in [1.54, 1.807) is 59.6 Å². The Hall–Kier alpha value is -3.47. The number of carbonyl (C=O) groups excluding carboxylic acids is 1. The van der Waals surface area contributed by atoms with Gasteiger partial charge in [-0.3, -0.25) is 18.6 Å². The minimum absolute atomic E-state index is 0.0201. The number of amides is 1. The normalized spacial score (nSPS) is 15.6. The van der Waals surface area contributed by atoms with Crippen LogP contribution in [0.3, 0.4) is 0 Å². The largest absolute Gasteiger partial charge is 0.330 e. The van der Waals surface area contributed by atoms with Crippen molar-refractivity contribution in [2.75, 3.05) is 29.4 Å². The standard InChI is InChI=1S/C30H31ClN4O4S2/c1-20-10-12-22(13-11-20)27-19-40-17-16-34(27)29(36)25-18-24(14-15-26(25)31)41(38,39)33(4)28-21(2)32(3)35(30(28)37)23-8-6-5-7-9-23/h5-15,18,27H,16-17,19H2,1-4H3. The molecule has 0 N–H and O–H groups in total. The van der Waals surface area contributed by atoms with E-state index in [0.29, 0.717) is 17.9 Å². The molecule has 1 amide bonds. The molecule has 1 saturated heterocycles. The third kappa shape index (κ3) is 5.31. The maximum absolute atomic E-state index is 13.9. The van der Waals surface area contributed by atoms with E-state index in [1.165, 1.54) is 29.9 Å². The summed E-state index contributed by atoms with van der Waals surface area (Å²) in [6, 6.07) is 21.0. The number of halogens is 1. The predicted octanol–water partition coefficient (Wildman–Crippen LogP) is 5.20. The quantitative estimate of drug-likeness (QED) is 0.300. The number of nitrogens with zero attached hydrogens (tertiary/aromatic N) is 4. The number of anilines is 1. The molecule has 1 atom stereocenters. The third-order valence-electron chi connectivity index (χ3n) is 7.52. The van der Waals surface area contributed by atoms with Crippen LogP contribution in [0.25, 0.3) is 5.69 Å². The number of carbonyl (C=O) groups is 1. The number of aromatic nitrogens is 2. The fraction of sp³-hybridized carbons (Fsp3) is 0.267. The monoisotopic (exact) mass is 610 g/mol. The van der Waals surface area contributed by atoms with Gasteiger partial charge in [-0.2, -0.15) is 11.8 Å². The van der Waals surface area contributed by atoms with Crippen molar-refractivity contribution in [1.29, 1.82) is 0 Å². The van der Waals surface area contributed by atoms with Crippen LogP contribution >= 0.6 is 23.4 Å². The zero-order valence-corrected chi connectivity index (χ0v) is 25.6. The Kier molecular flexibility index (Phi) is 8.09. The van der Waals surface area contributed by atoms with Gasteiger partial charge in [-0.05, 0) is 49.7 Å². The molecule has 0 aliphatic carbocycles. The second kappa shape index (κ2) is 11.4. The maximum Gasteiger partial charge on any atom is 0.296 e. The first-order valence-corrected chi connectivity index (χ1v) is 16.1. The highest BCUT2D eigenvalue weighted by molar-refractivity contribution is 7.99. The van der Waals surface area contributed by atoms with Gasteiger partial charge in [0.15, 0.2) is 0 Å². The zero-order valence-electron chi connectivity index (χ0n) is 23.2. The molecule has 1 unspecified atom stereocenters. The Morgan fingerprint density at radius 3 is 2.39 bits per heavy atom. The van der Waals surface area contributed by atoms with Crippen molar-refractivity contribution >= 4 is 45.0 Å². The molecule has 0 bridgehead atoms. The zero-order chi connectivity index (χ0) is 29.5. The summed E-state index contributed by atoms with van der Waals surface area (Å²) in [6.45, 7) is 4.22. The molecule has 41 heavy (non-hydrogen) atoms. The smallest absolute Gasteiger partial charge is 0.296 e. The Balaban J connectivity index is 1.51. The van der Waals surface area contributed by atoms with Crippen LogP contribution in [0.4, 0.5) is 5.69 Å². The molecule has 0 spiro atoms. The van der Waals surface area contributed by atoms with Gasteiger partial charge >= 0.3 is 0 Å². The molecule has 1 fully saturated rings. The Bertz CT molecular complexity index is 1770. The number of hydrogen-bond acceptors (Lipinski definition) is 5. The summed E-state index contributed by atoms with van der Waals surface area (Å²) < 4.78 is 31.8. The topological polar surface area (TPSA) is 84.6 Å². The molecule has 0 radical (unpaired) electrons. The van der Waals surface area contributed by atoms with Crippen LogP contribution in [0, 0.1) is 13.8 Å². The summed E-state index contributed by atoms with van der Waals surface area (Å²) in [5.74, 6) is 1.17. The van der Waals surface area contributed by atoms with Gasteiger partial charge in [0, 0.05) is 32.1 Å². The average Bonchev–Trinajstić information content (AvgIpc) is 3.20. The first-order chi connectivity index (χ1) is 19.5. The number of hydrogen-bond donors (Lipinski definition) is 0. The highest BCUT2D eigenvalue weighted by atomic mass is 35.5. The van der Waals surface area contributed by atoms with Crippen LogP contribution in [0.1, 0.15) is 33.2 Å². The SMILES string of the molecule is Cc1ccc(C2CSCCN2C(=O)c2cc(S(=O)(=O)N(C)c3c(C)n(C)n(-c4ccccc4)c3=O)ccc2Cl)cc1. The van der Waals surface area contributed by atoms with Crippen molar-refractivity contribution in [3.63, 3.8) is 0 Å². The number of thioether (sulfide) groups is 1. The molecule has 1 aromatic heterocycles. The van der Waals surface area contributed by atoms with Gasteiger partial charge in [0.2, 0.25) is 0 Å². The molecule has 5 rings (SSSR count). The van der Waals surface area contributed by atoms with Gasteiger partial charge in [0.05, 0.1) is 32.9 Å². The summed E-state index contributed by atoms with van der Waals surface area (Å²) in [5.41, 5.74) is 2.89. The molecule has 0 saturated carbocycles. The molecule has 4 aromatic rings. The van der Waals surface area contributed by atoms with E-state index >= 15 is 0 Å². The summed E-state index contributed by atoms with van der Waals surface area (Å²) >= 11 is 8.27. The molecule has 3 aromatic carbocycles. The minimum atomic E-state index is -4.22. The van der Waals surface area contributed by atoms with Gasteiger partial charge in [-0.1, -0.05) is 59.6 Å². The van der Waals surface area contributed by atoms with Crippen molar-refractivity contribution in [3.05, 3.63) is 111 Å². The van der Waals surface area contributed by atoms with E-state index < -0.39 is 15.6 Å². The molecule has 1 aliphatic heterocycles. The van der Waals surface area contributed by atoms with E-state index in [0.717, 1.165) is 26.9 Å². The van der Waals surface area contributed by atoms with Crippen molar-refractivity contribution in [3.8, 4) is 5.69 Å². The van der Waals surface area contributed by atoms with E-state index in [9.17, 15) is 18.0 Å². The third-order valence-corrected chi connectivity index (χ3v) is 10.6. The summed E-state index contributed by atoms with van der Waals surface area (Å²) in [7, 11) is -1.17. The van der Waals surface area contributed by atoms with Crippen LogP contribution in [0.5, 0.6) is 0 Å². The van der Waals surface area contributed by atoms with Crippen LogP contribution in [-0.4, -0.2) is 53.7 Å². The lowest BCUT2D eigenvalue weighted by Gasteiger charge is -2.36. The number of benzene rings is 3. The summed E-state index contributed by atoms with van der Waals surface area (Å²) in [4.78, 5) is 29.0. The first-order valence-electron chi connectivity index (χ1n) is 13.1. The number of rotatable bonds is 6. The van der Waals surface area contributed by atoms with Crippen molar-refractivity contribution in [1.82, 2.24) is 14.3 Å². The lowest BCUT2D eigenvalue weighted by molar-refractivity contribution is 0.0701. The molecule has 1 aliphatic rings. The lowest BCUT2D eigenvalue weighted by Crippen LogP contribution is -2.41. The maximum atomic E-state index is 13.9. The Morgan fingerprint density at radius 1 is 1.02 bits per heavy atom. The van der Waals surface area contributed by atoms with Crippen LogP contribution in [0.2, 0.25) is 5.02 Å². The van der Waals surface area contributed by atoms with Crippen LogP contribution in [0.15, 0.2) is 82.5 Å². The van der Waals surface area contributed by atoms with Gasteiger partial charge in [0.25, 0.3) is 21.5 Å². The van der Waals surface area contributed by atoms with E-state index in [4.69, 9.17) is 11.6 Å². The van der Waals surface area contributed by atoms with E-state index in [2.05, 4.69) is 0 Å². The second-order valence-electron chi connectivity index (χ2n) is 10.0. The Labute approximate surface area is 249 Å². The molecule has 11 heteroatoms. The molecule has 8 nitrogen and oxygen atoms in total. The highest BCUT2D eigenvalue weighted by Crippen LogP contribution is 2.33. The highest BCUT2D eigenvalue weighted by Gasteiger charge is 2.33. The number of sulfonamides is 1. The van der Waals surface area contributed by atoms with Crippen molar-refractivity contribution in [2.24, 2.45) is 7.05 Å². The molecule has 214 valence electrons. The summed E-state index contributed by atoms with van der Waals surface area (Å²) in [6.07, 6.45) is 0. The number of para-hydroxylation sites is 1. The average molecular weight is 611 g/mol. The van der Waals surface area contributed by atoms with Gasteiger partial charge < -0.3 is 4.90 Å². The van der Waals surface area contributed by atoms with Gasteiger partial charge in [0.1, 0.15) is 5.69 Å². The second-order valence-corrected chi connectivity index (χ2v) is 13.6. The van der Waals surface area contributed by atoms with Gasteiger partial charge in [-0.15, -0.1) is 0 Å². The van der Waals surface area contributed by atoms with Crippen LogP contribution < -0.4 is 9.86 Å². The van der Waals surface area contributed by atoms with E-state index in [1.807, 2.05) is 37.3 Å². The molecule has 2 heterocycles. The number of aryl methyl sites for hydroxylation is 1. The van der Waals surface area contributed by atoms with Gasteiger partial charge in [-0.25, -0.2) is 13.1 Å². The predicted molar refractivity (Wildman–Crippen MR) is 165 cm³/mol. The first kappa shape index (κ1) is 29.0. The van der Waals surface area contributed by atoms with E-state index in [-0.39, 0.29) is 33.1 Å². The Morgan fingerprint density at radius 2 is 1.71 bits per heavy atom. The minimum Gasteiger partial charge on any atom is -0.330 e. The molecular weight excluding hydrogens is 580 g/mol. The lowest BCUT2D eigenvalue weighted by atomic mass is 10.0. The van der Waals surface area contributed by atoms with Crippen LogP contribution in [-0.2, 0) is 17.1 Å². The van der Waals surface area contributed by atoms with Crippen molar-refractivity contribution in [2.45, 2.75) is 24.8 Å². The summed E-state index contributed by atoms with van der Waals surface area (Å²) in [5, 5.41) is 0.166. The molecular formula is C30H31ClN4O4S2.